The van der Waals surface area contributed by atoms with Crippen LogP contribution in [0.2, 0.25) is 0 Å². The Hall–Kier alpha value is -3.14. The van der Waals surface area contributed by atoms with Crippen LogP contribution in [0.15, 0.2) is 66.7 Å². The molecule has 0 aliphatic heterocycles. The van der Waals surface area contributed by atoms with Gasteiger partial charge in [0.05, 0.1) is 7.11 Å². The van der Waals surface area contributed by atoms with Crippen molar-refractivity contribution in [2.75, 3.05) is 7.11 Å². The molecule has 0 saturated carbocycles. The van der Waals surface area contributed by atoms with E-state index >= 15 is 0 Å². The van der Waals surface area contributed by atoms with Gasteiger partial charge in [0.2, 0.25) is 0 Å². The first kappa shape index (κ1) is 16.7. The van der Waals surface area contributed by atoms with Crippen LogP contribution in [-0.2, 0) is 6.42 Å². The van der Waals surface area contributed by atoms with Crippen LogP contribution in [0.3, 0.4) is 0 Å². The van der Waals surface area contributed by atoms with Crippen molar-refractivity contribution in [2.45, 2.75) is 12.3 Å². The minimum Gasteiger partial charge on any atom is -0.508 e. The molecule has 0 aromatic heterocycles. The molecule has 128 valence electrons. The van der Waals surface area contributed by atoms with Gasteiger partial charge in [0.15, 0.2) is 11.5 Å². The second-order valence-corrected chi connectivity index (χ2v) is 5.88. The van der Waals surface area contributed by atoms with E-state index in [1.807, 2.05) is 30.3 Å². The van der Waals surface area contributed by atoms with Gasteiger partial charge in [-0.2, -0.15) is 0 Å². The lowest BCUT2D eigenvalue weighted by molar-refractivity contribution is 0.373. The zero-order chi connectivity index (χ0) is 17.8. The van der Waals surface area contributed by atoms with Crippen LogP contribution >= 0.6 is 0 Å². The summed E-state index contributed by atoms with van der Waals surface area (Å²) in [6, 6.07) is 19.4. The number of benzene rings is 3. The van der Waals surface area contributed by atoms with Crippen molar-refractivity contribution in [2.24, 2.45) is 0 Å². The maximum absolute atomic E-state index is 10.3. The highest BCUT2D eigenvalue weighted by atomic mass is 16.5. The molecule has 3 aromatic rings. The normalized spacial score (nSPS) is 10.8. The molecule has 4 nitrogen and oxygen atoms in total. The van der Waals surface area contributed by atoms with E-state index in [1.54, 1.807) is 36.4 Å². The Morgan fingerprint density at radius 3 is 1.84 bits per heavy atom. The summed E-state index contributed by atoms with van der Waals surface area (Å²) in [6.07, 6.45) is 0.534. The summed E-state index contributed by atoms with van der Waals surface area (Å²) in [6.45, 7) is 0. The summed E-state index contributed by atoms with van der Waals surface area (Å²) in [5, 5.41) is 30.4. The summed E-state index contributed by atoms with van der Waals surface area (Å²) in [5.41, 5.74) is 2.39. The predicted molar refractivity (Wildman–Crippen MR) is 96.4 cm³/mol. The zero-order valence-electron chi connectivity index (χ0n) is 13.9. The summed E-state index contributed by atoms with van der Waals surface area (Å²) in [7, 11) is 1.50. The van der Waals surface area contributed by atoms with Gasteiger partial charge in [0.25, 0.3) is 0 Å². The zero-order valence-corrected chi connectivity index (χ0v) is 13.9. The fourth-order valence-corrected chi connectivity index (χ4v) is 3.04. The van der Waals surface area contributed by atoms with E-state index in [9.17, 15) is 15.3 Å². The average molecular weight is 336 g/mol. The second kappa shape index (κ2) is 7.18. The Morgan fingerprint density at radius 1 is 0.760 bits per heavy atom. The van der Waals surface area contributed by atoms with Crippen LogP contribution in [0.5, 0.6) is 23.0 Å². The minimum atomic E-state index is -0.239. The smallest absolute Gasteiger partial charge is 0.160 e. The van der Waals surface area contributed by atoms with Gasteiger partial charge in [-0.15, -0.1) is 0 Å². The lowest BCUT2D eigenvalue weighted by Gasteiger charge is -2.20. The molecule has 3 N–H and O–H groups in total. The van der Waals surface area contributed by atoms with Gasteiger partial charge in [0, 0.05) is 17.0 Å². The molecule has 0 aliphatic carbocycles. The molecule has 0 fully saturated rings. The average Bonchev–Trinajstić information content (AvgIpc) is 2.62. The van der Waals surface area contributed by atoms with Crippen molar-refractivity contribution < 1.29 is 20.1 Å². The molecule has 0 aliphatic rings. The number of methoxy groups -OCH3 is 1. The molecular weight excluding hydrogens is 316 g/mol. The molecule has 0 amide bonds. The van der Waals surface area contributed by atoms with Crippen LogP contribution in [0, 0.1) is 0 Å². The van der Waals surface area contributed by atoms with Crippen molar-refractivity contribution in [3.05, 3.63) is 83.4 Å². The first-order valence-corrected chi connectivity index (χ1v) is 8.02. The van der Waals surface area contributed by atoms with E-state index < -0.39 is 0 Å². The highest BCUT2D eigenvalue weighted by Gasteiger charge is 2.21. The highest BCUT2D eigenvalue weighted by molar-refractivity contribution is 5.48. The first-order chi connectivity index (χ1) is 12.1. The fourth-order valence-electron chi connectivity index (χ4n) is 3.04. The minimum absolute atomic E-state index is 0.0768. The molecule has 0 saturated heterocycles. The van der Waals surface area contributed by atoms with Crippen molar-refractivity contribution in [3.63, 3.8) is 0 Å². The van der Waals surface area contributed by atoms with E-state index in [1.165, 1.54) is 7.11 Å². The molecule has 3 rings (SSSR count). The number of ether oxygens (including phenoxy) is 1. The van der Waals surface area contributed by atoms with Crippen molar-refractivity contribution in [1.82, 2.24) is 0 Å². The Kier molecular flexibility index (Phi) is 4.80. The first-order valence-electron chi connectivity index (χ1n) is 8.02. The Labute approximate surface area is 146 Å². The number of para-hydroxylation sites is 2. The molecular formula is C21H20O4. The standard InChI is InChI=1S/C21H20O4/c1-25-21-13-14(10-11-20(21)24)12-17(15-6-2-4-8-18(15)22)16-7-3-5-9-19(16)23/h2-11,13,17,22-24H,12H2,1H3. The molecule has 0 spiro atoms. The third-order valence-corrected chi connectivity index (χ3v) is 4.31. The van der Waals surface area contributed by atoms with Crippen LogP contribution in [-0.4, -0.2) is 22.4 Å². The lowest BCUT2D eigenvalue weighted by Crippen LogP contribution is -2.06. The van der Waals surface area contributed by atoms with Crippen LogP contribution < -0.4 is 4.74 Å². The van der Waals surface area contributed by atoms with E-state index in [0.29, 0.717) is 12.2 Å². The molecule has 0 unspecified atom stereocenters. The number of phenols is 3. The van der Waals surface area contributed by atoms with Gasteiger partial charge in [-0.25, -0.2) is 0 Å². The molecule has 0 atom stereocenters. The Morgan fingerprint density at radius 2 is 1.32 bits per heavy atom. The van der Waals surface area contributed by atoms with Crippen molar-refractivity contribution in [3.8, 4) is 23.0 Å². The highest BCUT2D eigenvalue weighted by Crippen LogP contribution is 2.38. The number of rotatable bonds is 5. The van der Waals surface area contributed by atoms with E-state index in [0.717, 1.165) is 16.7 Å². The van der Waals surface area contributed by atoms with Gasteiger partial charge in [-0.3, -0.25) is 0 Å². The van der Waals surface area contributed by atoms with Crippen molar-refractivity contribution >= 4 is 0 Å². The monoisotopic (exact) mass is 336 g/mol. The third-order valence-electron chi connectivity index (χ3n) is 4.31. The van der Waals surface area contributed by atoms with Crippen molar-refractivity contribution in [1.29, 1.82) is 0 Å². The van der Waals surface area contributed by atoms with Gasteiger partial charge in [-0.1, -0.05) is 42.5 Å². The Bertz CT molecular complexity index is 828. The van der Waals surface area contributed by atoms with Crippen LogP contribution in [0.25, 0.3) is 0 Å². The molecule has 0 radical (unpaired) electrons. The number of aromatic hydroxyl groups is 3. The Balaban J connectivity index is 2.06. The molecule has 25 heavy (non-hydrogen) atoms. The summed E-state index contributed by atoms with van der Waals surface area (Å²) >= 11 is 0. The molecule has 0 bridgehead atoms. The molecule has 4 heteroatoms. The topological polar surface area (TPSA) is 69.9 Å². The summed E-state index contributed by atoms with van der Waals surface area (Å²) in [5.74, 6) is 0.596. The third kappa shape index (κ3) is 3.53. The summed E-state index contributed by atoms with van der Waals surface area (Å²) < 4.78 is 5.18. The van der Waals surface area contributed by atoms with Gasteiger partial charge in [-0.05, 0) is 36.2 Å². The van der Waals surface area contributed by atoms with E-state index in [4.69, 9.17) is 4.74 Å². The number of hydrogen-bond acceptors (Lipinski definition) is 4. The van der Waals surface area contributed by atoms with E-state index in [2.05, 4.69) is 0 Å². The van der Waals surface area contributed by atoms with Gasteiger partial charge >= 0.3 is 0 Å². The van der Waals surface area contributed by atoms with E-state index in [-0.39, 0.29) is 23.2 Å². The van der Waals surface area contributed by atoms with Crippen LogP contribution in [0.1, 0.15) is 22.6 Å². The van der Waals surface area contributed by atoms with Gasteiger partial charge in [0.1, 0.15) is 11.5 Å². The molecule has 3 aromatic carbocycles. The maximum Gasteiger partial charge on any atom is 0.160 e. The second-order valence-electron chi connectivity index (χ2n) is 5.88. The fraction of sp³-hybridized carbons (Fsp3) is 0.143. The summed E-state index contributed by atoms with van der Waals surface area (Å²) in [4.78, 5) is 0. The molecule has 0 heterocycles. The largest absolute Gasteiger partial charge is 0.508 e. The number of hydrogen-bond donors (Lipinski definition) is 3. The van der Waals surface area contributed by atoms with Gasteiger partial charge < -0.3 is 20.1 Å². The SMILES string of the molecule is COc1cc(CC(c2ccccc2O)c2ccccc2O)ccc1O. The predicted octanol–water partition coefficient (Wildman–Crippen LogP) is 4.19. The number of phenolic OH excluding ortho intramolecular Hbond substituents is 3. The lowest BCUT2D eigenvalue weighted by atomic mass is 9.85. The van der Waals surface area contributed by atoms with Crippen LogP contribution in [0.4, 0.5) is 0 Å². The quantitative estimate of drug-likeness (QED) is 0.653. The maximum atomic E-state index is 10.3.